The van der Waals surface area contributed by atoms with Crippen LogP contribution in [-0.4, -0.2) is 56.2 Å². The normalized spacial score (nSPS) is 28.4. The molecule has 1 rings (SSSR count). The Morgan fingerprint density at radius 3 is 2.85 bits per heavy atom. The number of methoxy groups -OCH3 is 1. The molecule has 0 aromatic rings. The number of nitrogens with zero attached hydrogens (tertiary/aromatic N) is 1. The Balaban J connectivity index is 2.54. The standard InChI is InChI=1S/C15H31N3O2/c1-12-6-5-7-15(8-12,11-16)18(3)9-14(19)17-13(2)10-20-4/h12-13H,5-11,16H2,1-4H3,(H,17,19). The van der Waals surface area contributed by atoms with E-state index in [-0.39, 0.29) is 17.5 Å². The Kier molecular flexibility index (Phi) is 6.92. The average Bonchev–Trinajstić information content (AvgIpc) is 2.38. The molecule has 3 atom stereocenters. The van der Waals surface area contributed by atoms with Crippen LogP contribution < -0.4 is 11.1 Å². The minimum Gasteiger partial charge on any atom is -0.383 e. The lowest BCUT2D eigenvalue weighted by Gasteiger charge is -2.46. The van der Waals surface area contributed by atoms with Crippen LogP contribution in [0.25, 0.3) is 0 Å². The second-order valence-electron chi connectivity index (χ2n) is 6.41. The summed E-state index contributed by atoms with van der Waals surface area (Å²) in [4.78, 5) is 14.2. The summed E-state index contributed by atoms with van der Waals surface area (Å²) in [6.45, 7) is 5.78. The average molecular weight is 285 g/mol. The van der Waals surface area contributed by atoms with Gasteiger partial charge in [0.2, 0.25) is 5.91 Å². The smallest absolute Gasteiger partial charge is 0.234 e. The van der Waals surface area contributed by atoms with Gasteiger partial charge in [0.1, 0.15) is 0 Å². The molecular weight excluding hydrogens is 254 g/mol. The fourth-order valence-electron chi connectivity index (χ4n) is 3.32. The highest BCUT2D eigenvalue weighted by Crippen LogP contribution is 2.35. The summed E-state index contributed by atoms with van der Waals surface area (Å²) in [7, 11) is 3.66. The molecule has 20 heavy (non-hydrogen) atoms. The van der Waals surface area contributed by atoms with Crippen molar-refractivity contribution in [3.63, 3.8) is 0 Å². The van der Waals surface area contributed by atoms with Gasteiger partial charge in [0, 0.05) is 25.2 Å². The molecular formula is C15H31N3O2. The van der Waals surface area contributed by atoms with Crippen molar-refractivity contribution in [1.29, 1.82) is 0 Å². The Morgan fingerprint density at radius 2 is 2.30 bits per heavy atom. The molecule has 1 saturated carbocycles. The van der Waals surface area contributed by atoms with E-state index in [9.17, 15) is 4.79 Å². The second-order valence-corrected chi connectivity index (χ2v) is 6.41. The van der Waals surface area contributed by atoms with Crippen molar-refractivity contribution in [2.24, 2.45) is 11.7 Å². The Hall–Kier alpha value is -0.650. The molecule has 3 unspecified atom stereocenters. The molecule has 0 radical (unpaired) electrons. The molecule has 1 fully saturated rings. The highest BCUT2D eigenvalue weighted by Gasteiger charge is 2.37. The molecule has 0 bridgehead atoms. The van der Waals surface area contributed by atoms with Crippen LogP contribution in [0.3, 0.4) is 0 Å². The van der Waals surface area contributed by atoms with E-state index in [4.69, 9.17) is 10.5 Å². The van der Waals surface area contributed by atoms with Crippen LogP contribution in [0.4, 0.5) is 0 Å². The van der Waals surface area contributed by atoms with Crippen LogP contribution in [-0.2, 0) is 9.53 Å². The minimum absolute atomic E-state index is 0.0144. The summed E-state index contributed by atoms with van der Waals surface area (Å²) in [5.41, 5.74) is 6.02. The molecule has 0 aromatic heterocycles. The summed E-state index contributed by atoms with van der Waals surface area (Å²) in [6.07, 6.45) is 4.64. The largest absolute Gasteiger partial charge is 0.383 e. The molecule has 1 amide bonds. The molecule has 0 saturated heterocycles. The first-order valence-electron chi connectivity index (χ1n) is 7.63. The first-order valence-corrected chi connectivity index (χ1v) is 7.63. The number of nitrogens with one attached hydrogen (secondary N) is 1. The van der Waals surface area contributed by atoms with Gasteiger partial charge >= 0.3 is 0 Å². The van der Waals surface area contributed by atoms with Gasteiger partial charge in [-0.25, -0.2) is 0 Å². The second kappa shape index (κ2) is 7.96. The zero-order chi connectivity index (χ0) is 15.2. The number of hydrogen-bond acceptors (Lipinski definition) is 4. The van der Waals surface area contributed by atoms with Gasteiger partial charge in [-0.2, -0.15) is 0 Å². The monoisotopic (exact) mass is 285 g/mol. The van der Waals surface area contributed by atoms with Crippen molar-refractivity contribution in [3.05, 3.63) is 0 Å². The molecule has 0 aliphatic heterocycles. The van der Waals surface area contributed by atoms with Gasteiger partial charge in [-0.3, -0.25) is 9.69 Å². The highest BCUT2D eigenvalue weighted by molar-refractivity contribution is 5.78. The molecule has 0 spiro atoms. The molecule has 0 aromatic carbocycles. The predicted molar refractivity (Wildman–Crippen MR) is 81.5 cm³/mol. The van der Waals surface area contributed by atoms with Crippen LogP contribution in [0, 0.1) is 5.92 Å². The van der Waals surface area contributed by atoms with E-state index in [1.165, 1.54) is 12.8 Å². The van der Waals surface area contributed by atoms with Crippen molar-refractivity contribution in [1.82, 2.24) is 10.2 Å². The number of nitrogens with two attached hydrogens (primary N) is 1. The molecule has 118 valence electrons. The van der Waals surface area contributed by atoms with Crippen LogP contribution in [0.1, 0.15) is 39.5 Å². The molecule has 5 nitrogen and oxygen atoms in total. The topological polar surface area (TPSA) is 67.6 Å². The Bertz CT molecular complexity index is 311. The van der Waals surface area contributed by atoms with Crippen molar-refractivity contribution >= 4 is 5.91 Å². The number of ether oxygens (including phenoxy) is 1. The quantitative estimate of drug-likeness (QED) is 0.731. The fraction of sp³-hybridized carbons (Fsp3) is 0.933. The van der Waals surface area contributed by atoms with Gasteiger partial charge in [-0.1, -0.05) is 19.8 Å². The predicted octanol–water partition coefficient (Wildman–Crippen LogP) is 0.977. The van der Waals surface area contributed by atoms with Gasteiger partial charge in [-0.15, -0.1) is 0 Å². The first kappa shape index (κ1) is 17.4. The zero-order valence-corrected chi connectivity index (χ0v) is 13.4. The zero-order valence-electron chi connectivity index (χ0n) is 13.4. The highest BCUT2D eigenvalue weighted by atomic mass is 16.5. The fourth-order valence-corrected chi connectivity index (χ4v) is 3.32. The van der Waals surface area contributed by atoms with E-state index < -0.39 is 0 Å². The molecule has 3 N–H and O–H groups in total. The van der Waals surface area contributed by atoms with E-state index in [1.807, 2.05) is 14.0 Å². The molecule has 1 aliphatic rings. The van der Waals surface area contributed by atoms with Crippen molar-refractivity contribution in [3.8, 4) is 0 Å². The van der Waals surface area contributed by atoms with Crippen LogP contribution in [0.5, 0.6) is 0 Å². The van der Waals surface area contributed by atoms with Gasteiger partial charge in [0.25, 0.3) is 0 Å². The molecule has 5 heteroatoms. The minimum atomic E-state index is -0.0144. The number of rotatable bonds is 7. The van der Waals surface area contributed by atoms with Crippen LogP contribution in [0.2, 0.25) is 0 Å². The Morgan fingerprint density at radius 1 is 1.60 bits per heavy atom. The maximum atomic E-state index is 12.1. The third-order valence-electron chi connectivity index (χ3n) is 4.46. The number of likely N-dealkylation sites (N-methyl/N-ethyl adjacent to an activating group) is 1. The van der Waals surface area contributed by atoms with Gasteiger partial charge in [-0.05, 0) is 32.7 Å². The maximum absolute atomic E-state index is 12.1. The molecule has 0 heterocycles. The van der Waals surface area contributed by atoms with Crippen molar-refractivity contribution in [2.45, 2.75) is 51.1 Å². The van der Waals surface area contributed by atoms with Gasteiger partial charge < -0.3 is 15.8 Å². The van der Waals surface area contributed by atoms with E-state index in [2.05, 4.69) is 17.1 Å². The van der Waals surface area contributed by atoms with Gasteiger partial charge in [0.15, 0.2) is 0 Å². The third kappa shape index (κ3) is 4.72. The van der Waals surface area contributed by atoms with Crippen molar-refractivity contribution in [2.75, 3.05) is 33.9 Å². The summed E-state index contributed by atoms with van der Waals surface area (Å²) in [6, 6.07) is 0.0417. The lowest BCUT2D eigenvalue weighted by Crippen LogP contribution is -2.57. The summed E-state index contributed by atoms with van der Waals surface area (Å²) in [5, 5.41) is 2.96. The van der Waals surface area contributed by atoms with Crippen molar-refractivity contribution < 1.29 is 9.53 Å². The van der Waals surface area contributed by atoms with Crippen LogP contribution >= 0.6 is 0 Å². The maximum Gasteiger partial charge on any atom is 0.234 e. The summed E-state index contributed by atoms with van der Waals surface area (Å²) in [5.74, 6) is 0.730. The number of amides is 1. The molecule has 1 aliphatic carbocycles. The van der Waals surface area contributed by atoms with Crippen LogP contribution in [0.15, 0.2) is 0 Å². The number of carbonyl (C=O) groups is 1. The van der Waals surface area contributed by atoms with E-state index in [0.29, 0.717) is 25.6 Å². The third-order valence-corrected chi connectivity index (χ3v) is 4.46. The summed E-state index contributed by atoms with van der Waals surface area (Å²) >= 11 is 0. The van der Waals surface area contributed by atoms with Gasteiger partial charge in [0.05, 0.1) is 13.2 Å². The number of carbonyl (C=O) groups excluding carboxylic acids is 1. The first-order chi connectivity index (χ1) is 9.43. The Labute approximate surface area is 123 Å². The lowest BCUT2D eigenvalue weighted by atomic mass is 9.75. The van der Waals surface area contributed by atoms with E-state index in [0.717, 1.165) is 12.8 Å². The SMILES string of the molecule is COCC(C)NC(=O)CN(C)C1(CN)CCCC(C)C1. The van der Waals surface area contributed by atoms with E-state index >= 15 is 0 Å². The van der Waals surface area contributed by atoms with E-state index in [1.54, 1.807) is 7.11 Å². The summed E-state index contributed by atoms with van der Waals surface area (Å²) < 4.78 is 5.03. The number of hydrogen-bond donors (Lipinski definition) is 2. The lowest BCUT2D eigenvalue weighted by molar-refractivity contribution is -0.124.